The summed E-state index contributed by atoms with van der Waals surface area (Å²) in [5.74, 6) is -0.773. The average Bonchev–Trinajstić information content (AvgIpc) is 2.47. The fourth-order valence-corrected chi connectivity index (χ4v) is 2.65. The van der Waals surface area contributed by atoms with Gasteiger partial charge in [-0.15, -0.1) is 0 Å². The molecule has 4 heteroatoms. The van der Waals surface area contributed by atoms with Crippen molar-refractivity contribution in [1.29, 1.82) is 0 Å². The summed E-state index contributed by atoms with van der Waals surface area (Å²) < 4.78 is 5.41. The number of rotatable bonds is 2. The van der Waals surface area contributed by atoms with Crippen molar-refractivity contribution in [2.75, 3.05) is 5.32 Å². The highest BCUT2D eigenvalue weighted by atomic mass is 16.6. The Balaban J connectivity index is 1.85. The Hall–Kier alpha value is -2.62. The second kappa shape index (κ2) is 5.30. The maximum absolute atomic E-state index is 12.6. The standard InChI is InChI=1S/C18H17NO3/c1-12-6-5-8-14(10-12)19-17(21)18(2)11-13-7-3-4-9-15(13)16(20)22-18/h3-10H,11H2,1-2H3,(H,19,21)/t18-/m0/s1. The monoisotopic (exact) mass is 295 g/mol. The van der Waals surface area contributed by atoms with Gasteiger partial charge in [0.1, 0.15) is 0 Å². The molecule has 0 aliphatic carbocycles. The van der Waals surface area contributed by atoms with Crippen molar-refractivity contribution in [3.05, 3.63) is 65.2 Å². The maximum Gasteiger partial charge on any atom is 0.339 e. The van der Waals surface area contributed by atoms with Crippen LogP contribution in [0.25, 0.3) is 0 Å². The van der Waals surface area contributed by atoms with Crippen LogP contribution in [0.1, 0.15) is 28.4 Å². The van der Waals surface area contributed by atoms with Gasteiger partial charge in [-0.05, 0) is 43.2 Å². The van der Waals surface area contributed by atoms with Crippen LogP contribution in [-0.2, 0) is 16.0 Å². The molecule has 1 aliphatic rings. The number of ether oxygens (including phenoxy) is 1. The van der Waals surface area contributed by atoms with Gasteiger partial charge in [0.25, 0.3) is 5.91 Å². The fraction of sp³-hybridized carbons (Fsp3) is 0.222. The number of cyclic esters (lactones) is 1. The molecule has 112 valence electrons. The highest BCUT2D eigenvalue weighted by molar-refractivity contribution is 6.02. The molecule has 0 saturated carbocycles. The molecule has 2 aromatic carbocycles. The molecule has 22 heavy (non-hydrogen) atoms. The van der Waals surface area contributed by atoms with Gasteiger partial charge in [-0.1, -0.05) is 30.3 Å². The lowest BCUT2D eigenvalue weighted by Crippen LogP contribution is -2.48. The number of carbonyl (C=O) groups is 2. The van der Waals surface area contributed by atoms with Crippen LogP contribution in [0.2, 0.25) is 0 Å². The molecule has 2 aromatic rings. The molecular weight excluding hydrogens is 278 g/mol. The Morgan fingerprint density at radius 1 is 1.18 bits per heavy atom. The first kappa shape index (κ1) is 14.3. The third-order valence-corrected chi connectivity index (χ3v) is 3.84. The zero-order valence-corrected chi connectivity index (χ0v) is 12.6. The van der Waals surface area contributed by atoms with Gasteiger partial charge in [0.2, 0.25) is 0 Å². The molecule has 0 bridgehead atoms. The second-order valence-electron chi connectivity index (χ2n) is 5.78. The maximum atomic E-state index is 12.6. The third kappa shape index (κ3) is 2.60. The fourth-order valence-electron chi connectivity index (χ4n) is 2.65. The SMILES string of the molecule is Cc1cccc(NC(=O)[C@]2(C)Cc3ccccc3C(=O)O2)c1. The number of nitrogens with one attached hydrogen (secondary N) is 1. The lowest BCUT2D eigenvalue weighted by atomic mass is 9.89. The van der Waals surface area contributed by atoms with Crippen molar-refractivity contribution < 1.29 is 14.3 Å². The van der Waals surface area contributed by atoms with Crippen molar-refractivity contribution in [2.45, 2.75) is 25.9 Å². The molecule has 0 radical (unpaired) electrons. The van der Waals surface area contributed by atoms with E-state index in [0.717, 1.165) is 11.1 Å². The highest BCUT2D eigenvalue weighted by Crippen LogP contribution is 2.29. The summed E-state index contributed by atoms with van der Waals surface area (Å²) in [4.78, 5) is 24.7. The topological polar surface area (TPSA) is 55.4 Å². The number of esters is 1. The Morgan fingerprint density at radius 3 is 2.73 bits per heavy atom. The van der Waals surface area contributed by atoms with E-state index >= 15 is 0 Å². The van der Waals surface area contributed by atoms with Crippen LogP contribution < -0.4 is 5.32 Å². The molecule has 0 fully saturated rings. The number of aryl methyl sites for hydroxylation is 1. The number of benzene rings is 2. The first-order valence-electron chi connectivity index (χ1n) is 7.17. The van der Waals surface area contributed by atoms with Crippen LogP contribution in [0.3, 0.4) is 0 Å². The molecule has 1 amide bonds. The molecule has 4 nitrogen and oxygen atoms in total. The largest absolute Gasteiger partial charge is 0.445 e. The predicted octanol–water partition coefficient (Wildman–Crippen LogP) is 3.11. The molecule has 1 heterocycles. The van der Waals surface area contributed by atoms with E-state index in [1.165, 1.54) is 0 Å². The quantitative estimate of drug-likeness (QED) is 0.866. The molecule has 0 saturated heterocycles. The van der Waals surface area contributed by atoms with E-state index in [1.54, 1.807) is 19.1 Å². The van der Waals surface area contributed by atoms with Crippen molar-refractivity contribution in [3.63, 3.8) is 0 Å². The molecular formula is C18H17NO3. The summed E-state index contributed by atoms with van der Waals surface area (Å²) in [5.41, 5.74) is 1.91. The molecule has 0 spiro atoms. The van der Waals surface area contributed by atoms with Crippen LogP contribution in [0.4, 0.5) is 5.69 Å². The Morgan fingerprint density at radius 2 is 1.95 bits per heavy atom. The van der Waals surface area contributed by atoms with Crippen molar-refractivity contribution in [2.24, 2.45) is 0 Å². The second-order valence-corrected chi connectivity index (χ2v) is 5.78. The van der Waals surface area contributed by atoms with Gasteiger partial charge in [-0.3, -0.25) is 4.79 Å². The van der Waals surface area contributed by atoms with E-state index in [2.05, 4.69) is 5.32 Å². The zero-order valence-electron chi connectivity index (χ0n) is 12.6. The van der Waals surface area contributed by atoms with Crippen LogP contribution in [0, 0.1) is 6.92 Å². The molecule has 1 atom stereocenters. The van der Waals surface area contributed by atoms with Crippen molar-refractivity contribution in [1.82, 2.24) is 0 Å². The van der Waals surface area contributed by atoms with Gasteiger partial charge in [-0.2, -0.15) is 0 Å². The number of amides is 1. The van der Waals surface area contributed by atoms with E-state index in [0.29, 0.717) is 17.7 Å². The zero-order chi connectivity index (χ0) is 15.7. The van der Waals surface area contributed by atoms with E-state index in [9.17, 15) is 9.59 Å². The van der Waals surface area contributed by atoms with Crippen LogP contribution in [0.5, 0.6) is 0 Å². The molecule has 0 aromatic heterocycles. The summed E-state index contributed by atoms with van der Waals surface area (Å²) in [6.45, 7) is 3.60. The van der Waals surface area contributed by atoms with Gasteiger partial charge in [0.05, 0.1) is 5.56 Å². The van der Waals surface area contributed by atoms with E-state index in [4.69, 9.17) is 4.74 Å². The Bertz CT molecular complexity index is 754. The lowest BCUT2D eigenvalue weighted by molar-refractivity contribution is -0.134. The van der Waals surface area contributed by atoms with E-state index in [1.807, 2.05) is 43.3 Å². The minimum atomic E-state index is -1.20. The first-order chi connectivity index (χ1) is 10.5. The predicted molar refractivity (Wildman–Crippen MR) is 83.8 cm³/mol. The number of hydrogen-bond acceptors (Lipinski definition) is 3. The Labute approximate surface area is 129 Å². The minimum Gasteiger partial charge on any atom is -0.445 e. The Kier molecular flexibility index (Phi) is 3.45. The molecule has 1 N–H and O–H groups in total. The molecule has 1 aliphatic heterocycles. The van der Waals surface area contributed by atoms with Crippen LogP contribution >= 0.6 is 0 Å². The summed E-state index contributed by atoms with van der Waals surface area (Å²) >= 11 is 0. The number of carbonyl (C=O) groups excluding carboxylic acids is 2. The minimum absolute atomic E-state index is 0.319. The third-order valence-electron chi connectivity index (χ3n) is 3.84. The van der Waals surface area contributed by atoms with Gasteiger partial charge >= 0.3 is 5.97 Å². The van der Waals surface area contributed by atoms with Crippen LogP contribution in [-0.4, -0.2) is 17.5 Å². The van der Waals surface area contributed by atoms with Gasteiger partial charge in [0.15, 0.2) is 5.60 Å². The smallest absolute Gasteiger partial charge is 0.339 e. The summed E-state index contributed by atoms with van der Waals surface area (Å²) in [5, 5.41) is 2.83. The van der Waals surface area contributed by atoms with Crippen LogP contribution in [0.15, 0.2) is 48.5 Å². The average molecular weight is 295 g/mol. The lowest BCUT2D eigenvalue weighted by Gasteiger charge is -2.33. The summed E-state index contributed by atoms with van der Waals surface area (Å²) in [7, 11) is 0. The van der Waals surface area contributed by atoms with E-state index in [-0.39, 0.29) is 5.91 Å². The van der Waals surface area contributed by atoms with Gasteiger partial charge in [0, 0.05) is 12.1 Å². The number of hydrogen-bond donors (Lipinski definition) is 1. The van der Waals surface area contributed by atoms with Crippen molar-refractivity contribution >= 4 is 17.6 Å². The normalized spacial score (nSPS) is 20.0. The number of anilines is 1. The number of fused-ring (bicyclic) bond motifs is 1. The van der Waals surface area contributed by atoms with Gasteiger partial charge < -0.3 is 10.1 Å². The van der Waals surface area contributed by atoms with Crippen molar-refractivity contribution in [3.8, 4) is 0 Å². The summed E-state index contributed by atoms with van der Waals surface area (Å²) in [6, 6.07) is 14.7. The first-order valence-corrected chi connectivity index (χ1v) is 7.17. The molecule has 0 unspecified atom stereocenters. The van der Waals surface area contributed by atoms with Gasteiger partial charge in [-0.25, -0.2) is 4.79 Å². The summed E-state index contributed by atoms with van der Waals surface area (Å²) in [6.07, 6.45) is 0.368. The highest BCUT2D eigenvalue weighted by Gasteiger charge is 2.42. The van der Waals surface area contributed by atoms with E-state index < -0.39 is 11.6 Å². The molecule has 3 rings (SSSR count).